The molecule has 0 unspecified atom stereocenters. The topological polar surface area (TPSA) is 38.7 Å². The lowest BCUT2D eigenvalue weighted by atomic mass is 10.0. The summed E-state index contributed by atoms with van der Waals surface area (Å²) in [6, 6.07) is 15.2. The molecule has 0 spiro atoms. The second kappa shape index (κ2) is 5.02. The number of fused-ring (bicyclic) bond motifs is 3. The second-order valence-corrected chi connectivity index (χ2v) is 5.68. The molecule has 0 fully saturated rings. The second-order valence-electron chi connectivity index (χ2n) is 5.68. The van der Waals surface area contributed by atoms with Crippen molar-refractivity contribution in [1.82, 2.24) is 15.0 Å². The van der Waals surface area contributed by atoms with Crippen molar-refractivity contribution in [3.8, 4) is 22.5 Å². The molecule has 22 heavy (non-hydrogen) atoms. The van der Waals surface area contributed by atoms with Crippen LogP contribution in [0.15, 0.2) is 42.5 Å². The first-order valence-electron chi connectivity index (χ1n) is 7.67. The first-order chi connectivity index (χ1) is 10.7. The Kier molecular flexibility index (Phi) is 3.00. The van der Waals surface area contributed by atoms with Gasteiger partial charge >= 0.3 is 0 Å². The van der Waals surface area contributed by atoms with Gasteiger partial charge in [-0.3, -0.25) is 0 Å². The minimum Gasteiger partial charge on any atom is -0.218 e. The molecule has 1 heterocycles. The summed E-state index contributed by atoms with van der Waals surface area (Å²) in [6.07, 6.45) is 1.82. The van der Waals surface area contributed by atoms with Gasteiger partial charge in [-0.1, -0.05) is 43.3 Å². The Morgan fingerprint density at radius 1 is 0.909 bits per heavy atom. The minimum atomic E-state index is 0.781. The number of hydrogen-bond donors (Lipinski definition) is 0. The lowest BCUT2D eigenvalue weighted by Gasteiger charge is -2.06. The molecule has 1 aliphatic carbocycles. The maximum atomic E-state index is 4.57. The van der Waals surface area contributed by atoms with Crippen LogP contribution in [0.1, 0.15) is 29.7 Å². The number of nitrogens with zero attached hydrogens (tertiary/aromatic N) is 3. The van der Waals surface area contributed by atoms with Crippen molar-refractivity contribution in [3.05, 3.63) is 65.2 Å². The molecule has 3 heteroatoms. The third kappa shape index (κ3) is 2.10. The van der Waals surface area contributed by atoms with Gasteiger partial charge in [0.05, 0.1) is 0 Å². The Morgan fingerprint density at radius 3 is 2.59 bits per heavy atom. The van der Waals surface area contributed by atoms with E-state index in [0.717, 1.165) is 35.9 Å². The third-order valence-corrected chi connectivity index (χ3v) is 4.16. The van der Waals surface area contributed by atoms with Gasteiger partial charge in [0, 0.05) is 12.0 Å². The van der Waals surface area contributed by atoms with Crippen LogP contribution in [0.3, 0.4) is 0 Å². The van der Waals surface area contributed by atoms with Crippen LogP contribution in [0.5, 0.6) is 0 Å². The summed E-state index contributed by atoms with van der Waals surface area (Å²) >= 11 is 0. The molecule has 0 saturated heterocycles. The number of rotatable bonds is 2. The lowest BCUT2D eigenvalue weighted by molar-refractivity contribution is 0.869. The van der Waals surface area contributed by atoms with Gasteiger partial charge in [-0.05, 0) is 41.7 Å². The van der Waals surface area contributed by atoms with Crippen molar-refractivity contribution in [1.29, 1.82) is 0 Å². The largest absolute Gasteiger partial charge is 0.218 e. The van der Waals surface area contributed by atoms with Crippen molar-refractivity contribution in [2.45, 2.75) is 26.7 Å². The van der Waals surface area contributed by atoms with E-state index in [-0.39, 0.29) is 0 Å². The summed E-state index contributed by atoms with van der Waals surface area (Å²) in [5.41, 5.74) is 6.52. The van der Waals surface area contributed by atoms with Gasteiger partial charge in [0.15, 0.2) is 5.82 Å². The van der Waals surface area contributed by atoms with Gasteiger partial charge in [-0.25, -0.2) is 15.0 Å². The molecule has 3 nitrogen and oxygen atoms in total. The molecule has 0 aliphatic heterocycles. The highest BCUT2D eigenvalue weighted by atomic mass is 15.0. The Balaban J connectivity index is 1.81. The van der Waals surface area contributed by atoms with E-state index in [2.05, 4.69) is 64.3 Å². The van der Waals surface area contributed by atoms with Crippen molar-refractivity contribution in [3.63, 3.8) is 0 Å². The van der Waals surface area contributed by atoms with Gasteiger partial charge in [-0.2, -0.15) is 0 Å². The van der Waals surface area contributed by atoms with Crippen LogP contribution in [-0.2, 0) is 12.8 Å². The summed E-state index contributed by atoms with van der Waals surface area (Å²) in [6.45, 7) is 3.99. The fourth-order valence-electron chi connectivity index (χ4n) is 3.11. The van der Waals surface area contributed by atoms with E-state index in [1.165, 1.54) is 22.3 Å². The predicted octanol–water partition coefficient (Wildman–Crippen LogP) is 3.98. The normalized spacial score (nSPS) is 12.1. The Morgan fingerprint density at radius 2 is 1.73 bits per heavy atom. The maximum Gasteiger partial charge on any atom is 0.163 e. The van der Waals surface area contributed by atoms with E-state index in [1.54, 1.807) is 0 Å². The molecule has 1 aromatic heterocycles. The van der Waals surface area contributed by atoms with E-state index in [4.69, 9.17) is 0 Å². The van der Waals surface area contributed by atoms with Crippen LogP contribution >= 0.6 is 0 Å². The van der Waals surface area contributed by atoms with Gasteiger partial charge in [-0.15, -0.1) is 0 Å². The minimum absolute atomic E-state index is 0.781. The zero-order valence-corrected chi connectivity index (χ0v) is 12.8. The first-order valence-corrected chi connectivity index (χ1v) is 7.67. The average molecular weight is 287 g/mol. The molecular weight excluding hydrogens is 270 g/mol. The molecule has 0 bridgehead atoms. The summed E-state index contributed by atoms with van der Waals surface area (Å²) in [5.74, 6) is 2.42. The SMILES string of the molecule is CCc1nc(C)nc(-c2ccc3c(c2)Cc2ccccc2-3)n1. The van der Waals surface area contributed by atoms with E-state index >= 15 is 0 Å². The molecule has 0 atom stereocenters. The van der Waals surface area contributed by atoms with E-state index < -0.39 is 0 Å². The van der Waals surface area contributed by atoms with Crippen molar-refractivity contribution < 1.29 is 0 Å². The van der Waals surface area contributed by atoms with Gasteiger partial charge < -0.3 is 0 Å². The summed E-state index contributed by atoms with van der Waals surface area (Å²) in [5, 5.41) is 0. The monoisotopic (exact) mass is 287 g/mol. The van der Waals surface area contributed by atoms with E-state index in [9.17, 15) is 0 Å². The number of aryl methyl sites for hydroxylation is 2. The molecule has 108 valence electrons. The quantitative estimate of drug-likeness (QED) is 0.559. The van der Waals surface area contributed by atoms with Crippen LogP contribution in [0.25, 0.3) is 22.5 Å². The smallest absolute Gasteiger partial charge is 0.163 e. The summed E-state index contributed by atoms with van der Waals surface area (Å²) < 4.78 is 0. The van der Waals surface area contributed by atoms with E-state index in [0.29, 0.717) is 0 Å². The molecule has 0 amide bonds. The van der Waals surface area contributed by atoms with Gasteiger partial charge in [0.2, 0.25) is 0 Å². The molecule has 1 aliphatic rings. The summed E-state index contributed by atoms with van der Waals surface area (Å²) in [7, 11) is 0. The maximum absolute atomic E-state index is 4.57. The third-order valence-electron chi connectivity index (χ3n) is 4.16. The average Bonchev–Trinajstić information content (AvgIpc) is 2.91. The number of hydrogen-bond acceptors (Lipinski definition) is 3. The van der Waals surface area contributed by atoms with Gasteiger partial charge in [0.25, 0.3) is 0 Å². The van der Waals surface area contributed by atoms with Crippen molar-refractivity contribution in [2.75, 3.05) is 0 Å². The highest BCUT2D eigenvalue weighted by Crippen LogP contribution is 2.37. The Labute approximate surface area is 130 Å². The molecule has 0 N–H and O–H groups in total. The van der Waals surface area contributed by atoms with E-state index in [1.807, 2.05) is 6.92 Å². The Hall–Kier alpha value is -2.55. The highest BCUT2D eigenvalue weighted by Gasteiger charge is 2.18. The molecule has 2 aromatic carbocycles. The zero-order chi connectivity index (χ0) is 15.1. The zero-order valence-electron chi connectivity index (χ0n) is 12.8. The lowest BCUT2D eigenvalue weighted by Crippen LogP contribution is -2.01. The van der Waals surface area contributed by atoms with Crippen molar-refractivity contribution in [2.24, 2.45) is 0 Å². The van der Waals surface area contributed by atoms with Crippen LogP contribution in [0.2, 0.25) is 0 Å². The summed E-state index contributed by atoms with van der Waals surface area (Å²) in [4.78, 5) is 13.4. The Bertz CT molecular complexity index is 868. The fraction of sp³-hybridized carbons (Fsp3) is 0.211. The van der Waals surface area contributed by atoms with Crippen LogP contribution in [0.4, 0.5) is 0 Å². The van der Waals surface area contributed by atoms with Gasteiger partial charge in [0.1, 0.15) is 11.6 Å². The van der Waals surface area contributed by atoms with Crippen LogP contribution in [0, 0.1) is 6.92 Å². The standard InChI is InChI=1S/C19H17N3/c1-3-18-20-12(2)21-19(22-18)14-8-9-17-15(11-14)10-13-6-4-5-7-16(13)17/h4-9,11H,3,10H2,1-2H3. The van der Waals surface area contributed by atoms with Crippen LogP contribution < -0.4 is 0 Å². The predicted molar refractivity (Wildman–Crippen MR) is 87.6 cm³/mol. The fourth-order valence-corrected chi connectivity index (χ4v) is 3.11. The van der Waals surface area contributed by atoms with Crippen molar-refractivity contribution >= 4 is 0 Å². The number of aromatic nitrogens is 3. The molecular formula is C19H17N3. The molecule has 0 radical (unpaired) electrons. The number of benzene rings is 2. The molecule has 4 rings (SSSR count). The first kappa shape index (κ1) is 13.1. The molecule has 0 saturated carbocycles. The molecule has 3 aromatic rings. The van der Waals surface area contributed by atoms with Crippen LogP contribution in [-0.4, -0.2) is 15.0 Å². The highest BCUT2D eigenvalue weighted by molar-refractivity contribution is 5.79.